The monoisotopic (exact) mass is 370 g/mol. The van der Waals surface area contributed by atoms with Crippen molar-refractivity contribution in [2.24, 2.45) is 0 Å². The molecule has 0 atom stereocenters. The number of ether oxygens (including phenoxy) is 2. The molecule has 26 heavy (non-hydrogen) atoms. The molecule has 1 amide bonds. The van der Waals surface area contributed by atoms with Crippen molar-refractivity contribution in [2.45, 2.75) is 13.5 Å². The molecule has 3 aromatic rings. The van der Waals surface area contributed by atoms with Crippen LogP contribution in [0.3, 0.4) is 0 Å². The van der Waals surface area contributed by atoms with Crippen LogP contribution in [-0.2, 0) is 11.3 Å². The van der Waals surface area contributed by atoms with Gasteiger partial charge in [0, 0.05) is 35.5 Å². The zero-order valence-electron chi connectivity index (χ0n) is 14.4. The summed E-state index contributed by atoms with van der Waals surface area (Å²) in [7, 11) is 1.63. The Morgan fingerprint density at radius 3 is 2.92 bits per heavy atom. The number of rotatable bonds is 7. The van der Waals surface area contributed by atoms with E-state index < -0.39 is 0 Å². The molecule has 2 aromatic heterocycles. The number of benzene rings is 1. The van der Waals surface area contributed by atoms with E-state index in [9.17, 15) is 4.79 Å². The highest BCUT2D eigenvalue weighted by molar-refractivity contribution is 7.14. The van der Waals surface area contributed by atoms with Gasteiger partial charge in [0.1, 0.15) is 11.4 Å². The fourth-order valence-corrected chi connectivity index (χ4v) is 3.02. The molecule has 0 aliphatic carbocycles. The highest BCUT2D eigenvalue weighted by atomic mass is 32.1. The Morgan fingerprint density at radius 1 is 1.31 bits per heavy atom. The van der Waals surface area contributed by atoms with Gasteiger partial charge in [0.25, 0.3) is 5.91 Å². The van der Waals surface area contributed by atoms with Gasteiger partial charge >= 0.3 is 0 Å². The van der Waals surface area contributed by atoms with Crippen molar-refractivity contribution < 1.29 is 14.3 Å². The molecule has 134 valence electrons. The smallest absolute Gasteiger partial charge is 0.277 e. The minimum Gasteiger partial charge on any atom is -0.496 e. The van der Waals surface area contributed by atoms with Gasteiger partial charge in [0.05, 0.1) is 25.6 Å². The summed E-state index contributed by atoms with van der Waals surface area (Å²) in [5.74, 6) is 0.430. The Bertz CT molecular complexity index is 883. The minimum absolute atomic E-state index is 0.243. The van der Waals surface area contributed by atoms with Crippen molar-refractivity contribution in [1.29, 1.82) is 0 Å². The van der Waals surface area contributed by atoms with Gasteiger partial charge in [-0.15, -0.1) is 11.3 Å². The standard InChI is InChI=1S/C18H18N4O3S/c1-3-25-10-13-8-12(4-5-16(13)24-2)15-11-26-18(21-15)22-17(23)14-9-19-6-7-20-14/h4-9,11H,3,10H2,1-2H3,(H,21,22,23). The third-order valence-electron chi connectivity index (χ3n) is 3.56. The third-order valence-corrected chi connectivity index (χ3v) is 4.32. The molecule has 7 nitrogen and oxygen atoms in total. The minimum atomic E-state index is -0.342. The lowest BCUT2D eigenvalue weighted by molar-refractivity contribution is 0.102. The van der Waals surface area contributed by atoms with Gasteiger partial charge in [-0.2, -0.15) is 0 Å². The number of aromatic nitrogens is 3. The summed E-state index contributed by atoms with van der Waals surface area (Å²) in [6.45, 7) is 3.04. The van der Waals surface area contributed by atoms with Crippen LogP contribution in [0.2, 0.25) is 0 Å². The van der Waals surface area contributed by atoms with Crippen LogP contribution in [0.5, 0.6) is 5.75 Å². The summed E-state index contributed by atoms with van der Waals surface area (Å²) in [6, 6.07) is 5.80. The number of thiazole rings is 1. The van der Waals surface area contributed by atoms with Crippen molar-refractivity contribution in [1.82, 2.24) is 15.0 Å². The highest BCUT2D eigenvalue weighted by Crippen LogP contribution is 2.29. The number of methoxy groups -OCH3 is 1. The molecule has 2 heterocycles. The maximum atomic E-state index is 12.1. The van der Waals surface area contributed by atoms with E-state index in [1.165, 1.54) is 29.9 Å². The Labute approximate surface area is 155 Å². The first-order valence-electron chi connectivity index (χ1n) is 7.99. The predicted molar refractivity (Wildman–Crippen MR) is 99.4 cm³/mol. The molecule has 8 heteroatoms. The normalized spacial score (nSPS) is 10.5. The fourth-order valence-electron chi connectivity index (χ4n) is 2.30. The van der Waals surface area contributed by atoms with Crippen LogP contribution in [0.25, 0.3) is 11.3 Å². The predicted octanol–water partition coefficient (Wildman–Crippen LogP) is 3.40. The Balaban J connectivity index is 1.78. The first-order chi connectivity index (χ1) is 12.7. The van der Waals surface area contributed by atoms with Gasteiger partial charge in [0.15, 0.2) is 5.13 Å². The van der Waals surface area contributed by atoms with Gasteiger partial charge in [-0.25, -0.2) is 9.97 Å². The number of nitrogens with zero attached hydrogens (tertiary/aromatic N) is 3. The third kappa shape index (κ3) is 4.22. The second kappa shape index (κ2) is 8.50. The first-order valence-corrected chi connectivity index (χ1v) is 8.87. The van der Waals surface area contributed by atoms with Crippen LogP contribution < -0.4 is 10.1 Å². The second-order valence-electron chi connectivity index (χ2n) is 5.25. The van der Waals surface area contributed by atoms with Crippen LogP contribution in [0, 0.1) is 0 Å². The van der Waals surface area contributed by atoms with Crippen molar-refractivity contribution in [3.05, 3.63) is 53.4 Å². The van der Waals surface area contributed by atoms with Crippen LogP contribution >= 0.6 is 11.3 Å². The van der Waals surface area contributed by atoms with Crippen LogP contribution in [0.1, 0.15) is 23.0 Å². The number of hydrogen-bond acceptors (Lipinski definition) is 7. The molecule has 0 aliphatic heterocycles. The summed E-state index contributed by atoms with van der Waals surface area (Å²) in [5.41, 5.74) is 2.89. The van der Waals surface area contributed by atoms with E-state index in [0.717, 1.165) is 22.6 Å². The molecule has 0 saturated carbocycles. The van der Waals surface area contributed by atoms with E-state index >= 15 is 0 Å². The maximum absolute atomic E-state index is 12.1. The topological polar surface area (TPSA) is 86.2 Å². The Hall–Kier alpha value is -2.84. The molecule has 3 rings (SSSR count). The van der Waals surface area contributed by atoms with Gasteiger partial charge in [-0.3, -0.25) is 15.1 Å². The van der Waals surface area contributed by atoms with E-state index in [2.05, 4.69) is 20.3 Å². The largest absolute Gasteiger partial charge is 0.496 e. The molecule has 0 spiro atoms. The first kappa shape index (κ1) is 18.0. The number of carbonyl (C=O) groups excluding carboxylic acids is 1. The number of anilines is 1. The lowest BCUT2D eigenvalue weighted by Gasteiger charge is -2.10. The average Bonchev–Trinajstić information content (AvgIpc) is 3.15. The number of nitrogens with one attached hydrogen (secondary N) is 1. The number of carbonyl (C=O) groups is 1. The second-order valence-corrected chi connectivity index (χ2v) is 6.10. The molecule has 0 aliphatic rings. The van der Waals surface area contributed by atoms with Gasteiger partial charge in [-0.05, 0) is 25.1 Å². The highest BCUT2D eigenvalue weighted by Gasteiger charge is 2.12. The van der Waals surface area contributed by atoms with E-state index in [1.54, 1.807) is 7.11 Å². The van der Waals surface area contributed by atoms with Crippen LogP contribution in [-0.4, -0.2) is 34.6 Å². The summed E-state index contributed by atoms with van der Waals surface area (Å²) < 4.78 is 10.9. The lowest BCUT2D eigenvalue weighted by atomic mass is 10.1. The van der Waals surface area contributed by atoms with Gasteiger partial charge in [-0.1, -0.05) is 0 Å². The van der Waals surface area contributed by atoms with E-state index in [-0.39, 0.29) is 11.6 Å². The van der Waals surface area contributed by atoms with Crippen molar-refractivity contribution in [2.75, 3.05) is 19.0 Å². The Kier molecular flexibility index (Phi) is 5.88. The molecular formula is C18H18N4O3S. The summed E-state index contributed by atoms with van der Waals surface area (Å²) in [6.07, 6.45) is 4.40. The molecule has 0 saturated heterocycles. The number of hydrogen-bond donors (Lipinski definition) is 1. The van der Waals surface area contributed by atoms with Crippen LogP contribution in [0.4, 0.5) is 5.13 Å². The number of amides is 1. The quantitative estimate of drug-likeness (QED) is 0.686. The summed E-state index contributed by atoms with van der Waals surface area (Å²) >= 11 is 1.35. The summed E-state index contributed by atoms with van der Waals surface area (Å²) in [4.78, 5) is 24.5. The van der Waals surface area contributed by atoms with E-state index in [4.69, 9.17) is 9.47 Å². The molecule has 0 fully saturated rings. The van der Waals surface area contributed by atoms with E-state index in [0.29, 0.717) is 18.3 Å². The Morgan fingerprint density at radius 2 is 2.19 bits per heavy atom. The van der Waals surface area contributed by atoms with Crippen molar-refractivity contribution in [3.63, 3.8) is 0 Å². The zero-order chi connectivity index (χ0) is 18.4. The molecule has 1 N–H and O–H groups in total. The molecule has 0 radical (unpaired) electrons. The molecular weight excluding hydrogens is 352 g/mol. The molecule has 1 aromatic carbocycles. The van der Waals surface area contributed by atoms with Gasteiger partial charge in [0.2, 0.25) is 0 Å². The lowest BCUT2D eigenvalue weighted by Crippen LogP contribution is -2.13. The van der Waals surface area contributed by atoms with E-state index in [1.807, 2.05) is 30.5 Å². The maximum Gasteiger partial charge on any atom is 0.277 e. The summed E-state index contributed by atoms with van der Waals surface area (Å²) in [5, 5.41) is 5.12. The van der Waals surface area contributed by atoms with Crippen LogP contribution in [0.15, 0.2) is 42.2 Å². The average molecular weight is 370 g/mol. The zero-order valence-corrected chi connectivity index (χ0v) is 15.2. The van der Waals surface area contributed by atoms with Crippen molar-refractivity contribution >= 4 is 22.4 Å². The molecule has 0 bridgehead atoms. The van der Waals surface area contributed by atoms with Crippen molar-refractivity contribution in [3.8, 4) is 17.0 Å². The molecule has 0 unspecified atom stereocenters. The SMILES string of the molecule is CCOCc1cc(-c2csc(NC(=O)c3cnccn3)n2)ccc1OC. The van der Waals surface area contributed by atoms with Gasteiger partial charge < -0.3 is 9.47 Å². The fraction of sp³-hybridized carbons (Fsp3) is 0.222.